The van der Waals surface area contributed by atoms with Crippen molar-refractivity contribution in [2.75, 3.05) is 12.8 Å². The molecule has 0 N–H and O–H groups in total. The predicted molar refractivity (Wildman–Crippen MR) is 165 cm³/mol. The lowest BCUT2D eigenvalue weighted by Crippen LogP contribution is -2.40. The van der Waals surface area contributed by atoms with Crippen LogP contribution in [0.1, 0.15) is 65.7 Å². The van der Waals surface area contributed by atoms with Crippen molar-refractivity contribution < 1.29 is 4.43 Å². The van der Waals surface area contributed by atoms with E-state index in [1.165, 1.54) is 67.0 Å². The Morgan fingerprint density at radius 1 is 0.556 bits per heavy atom. The summed E-state index contributed by atoms with van der Waals surface area (Å²) in [6.45, 7) is 12.6. The number of hydrogen-bond acceptors (Lipinski definition) is 1. The Balaban J connectivity index is 1.55. The van der Waals surface area contributed by atoms with Crippen LogP contribution >= 0.6 is 7.26 Å². The van der Waals surface area contributed by atoms with E-state index < -0.39 is 15.6 Å². The highest BCUT2D eigenvalue weighted by molar-refractivity contribution is 7.95. The fourth-order valence-electron chi connectivity index (χ4n) is 4.76. The first-order valence-corrected chi connectivity index (χ1v) is 18.8. The van der Waals surface area contributed by atoms with Gasteiger partial charge in [0.15, 0.2) is 8.32 Å². The minimum Gasteiger partial charge on any atom is -0.417 e. The molecule has 194 valence electrons. The van der Waals surface area contributed by atoms with Crippen molar-refractivity contribution in [1.82, 2.24) is 0 Å². The van der Waals surface area contributed by atoms with Crippen molar-refractivity contribution in [2.24, 2.45) is 0 Å². The summed E-state index contributed by atoms with van der Waals surface area (Å²) >= 11 is 0. The molecule has 0 atom stereocenters. The van der Waals surface area contributed by atoms with Crippen LogP contribution in [0.5, 0.6) is 0 Å². The van der Waals surface area contributed by atoms with E-state index in [0.717, 1.165) is 6.61 Å². The third-order valence-electron chi connectivity index (χ3n) is 8.00. The molecule has 0 aliphatic heterocycles. The summed E-state index contributed by atoms with van der Waals surface area (Å²) in [6, 6.07) is 33.9. The molecule has 1 nitrogen and oxygen atoms in total. The molecular formula is C33H48OPSi+. The van der Waals surface area contributed by atoms with E-state index >= 15 is 0 Å². The zero-order chi connectivity index (χ0) is 25.9. The van der Waals surface area contributed by atoms with Gasteiger partial charge in [-0.1, -0.05) is 101 Å². The number of hydrogen-bond donors (Lipinski definition) is 0. The van der Waals surface area contributed by atoms with Crippen LogP contribution in [0, 0.1) is 0 Å². The standard InChI is InChI=1S/C33H48OPSi/c1-33(2,3)36(4,5)34-28-20-9-7-6-8-10-21-29-35(30-22-14-11-15-23-30,31-24-16-12-17-25-31)32-26-18-13-19-27-32/h11-19,22-27H,6-10,20-21,28-29H2,1-5H3/q+1. The van der Waals surface area contributed by atoms with Gasteiger partial charge in [0.25, 0.3) is 0 Å². The highest BCUT2D eigenvalue weighted by atomic mass is 31.2. The van der Waals surface area contributed by atoms with Gasteiger partial charge < -0.3 is 4.43 Å². The Morgan fingerprint density at radius 3 is 1.31 bits per heavy atom. The zero-order valence-corrected chi connectivity index (χ0v) is 25.3. The van der Waals surface area contributed by atoms with Crippen LogP contribution in [0.25, 0.3) is 0 Å². The van der Waals surface area contributed by atoms with E-state index in [9.17, 15) is 0 Å². The molecule has 0 bridgehead atoms. The minimum absolute atomic E-state index is 0.310. The van der Waals surface area contributed by atoms with Crippen molar-refractivity contribution >= 4 is 31.5 Å². The van der Waals surface area contributed by atoms with Crippen molar-refractivity contribution in [3.63, 3.8) is 0 Å². The van der Waals surface area contributed by atoms with E-state index in [2.05, 4.69) is 125 Å². The zero-order valence-electron chi connectivity index (χ0n) is 23.4. The van der Waals surface area contributed by atoms with Gasteiger partial charge in [0, 0.05) is 6.61 Å². The Bertz CT molecular complexity index is 899. The maximum absolute atomic E-state index is 6.35. The van der Waals surface area contributed by atoms with Crippen LogP contribution < -0.4 is 15.9 Å². The fraction of sp³-hybridized carbons (Fsp3) is 0.455. The van der Waals surface area contributed by atoms with Gasteiger partial charge in [-0.15, -0.1) is 0 Å². The average molecular weight is 520 g/mol. The second kappa shape index (κ2) is 13.7. The molecule has 0 saturated carbocycles. The number of rotatable bonds is 14. The lowest BCUT2D eigenvalue weighted by molar-refractivity contribution is 0.277. The SMILES string of the molecule is CC(C)(C)[Si](C)(C)OCCCCCCCCC[P+](c1ccccc1)(c1ccccc1)c1ccccc1. The largest absolute Gasteiger partial charge is 0.417 e. The molecule has 3 aromatic carbocycles. The molecule has 3 aromatic rings. The number of benzene rings is 3. The molecule has 0 unspecified atom stereocenters. The van der Waals surface area contributed by atoms with E-state index in [0.29, 0.717) is 5.04 Å². The third-order valence-corrected chi connectivity index (χ3v) is 17.1. The van der Waals surface area contributed by atoms with Gasteiger partial charge in [0.2, 0.25) is 0 Å². The van der Waals surface area contributed by atoms with Crippen LogP contribution in [0.3, 0.4) is 0 Å². The Hall–Kier alpha value is -1.73. The maximum atomic E-state index is 6.35. The van der Waals surface area contributed by atoms with Crippen molar-refractivity contribution in [3.8, 4) is 0 Å². The smallest absolute Gasteiger partial charge is 0.191 e. The lowest BCUT2D eigenvalue weighted by atomic mass is 10.1. The summed E-state index contributed by atoms with van der Waals surface area (Å²) in [7, 11) is -3.26. The van der Waals surface area contributed by atoms with Gasteiger partial charge >= 0.3 is 0 Å². The second-order valence-electron chi connectivity index (χ2n) is 11.6. The molecule has 0 heterocycles. The molecule has 3 rings (SSSR count). The van der Waals surface area contributed by atoms with Crippen molar-refractivity contribution in [1.29, 1.82) is 0 Å². The molecule has 0 fully saturated rings. The first-order chi connectivity index (χ1) is 17.3. The summed E-state index contributed by atoms with van der Waals surface area (Å²) in [4.78, 5) is 0. The van der Waals surface area contributed by atoms with Gasteiger partial charge in [-0.25, -0.2) is 0 Å². The van der Waals surface area contributed by atoms with Crippen LogP contribution in [0.4, 0.5) is 0 Å². The van der Waals surface area contributed by atoms with E-state index in [1.807, 2.05) is 0 Å². The quantitative estimate of drug-likeness (QED) is 0.118. The van der Waals surface area contributed by atoms with Crippen LogP contribution in [-0.2, 0) is 4.43 Å². The highest BCUT2D eigenvalue weighted by Crippen LogP contribution is 2.56. The van der Waals surface area contributed by atoms with Crippen LogP contribution in [-0.4, -0.2) is 21.1 Å². The van der Waals surface area contributed by atoms with E-state index in [-0.39, 0.29) is 0 Å². The molecule has 0 aliphatic rings. The molecule has 3 heteroatoms. The normalized spacial score (nSPS) is 12.6. The highest BCUT2D eigenvalue weighted by Gasteiger charge is 2.44. The minimum atomic E-state index is -1.67. The third kappa shape index (κ3) is 7.64. The molecule has 0 saturated heterocycles. The van der Waals surface area contributed by atoms with Crippen LogP contribution in [0.15, 0.2) is 91.0 Å². The first kappa shape index (κ1) is 28.8. The molecule has 0 spiro atoms. The summed E-state index contributed by atoms with van der Waals surface area (Å²) in [5.74, 6) is 0. The maximum Gasteiger partial charge on any atom is 0.191 e. The van der Waals surface area contributed by atoms with Gasteiger partial charge in [0.05, 0.1) is 6.16 Å². The molecule has 0 aromatic heterocycles. The van der Waals surface area contributed by atoms with Crippen LogP contribution in [0.2, 0.25) is 18.1 Å². The Morgan fingerprint density at radius 2 is 0.917 bits per heavy atom. The second-order valence-corrected chi connectivity index (χ2v) is 20.0. The fourth-order valence-corrected chi connectivity index (χ4v) is 10.3. The summed E-state index contributed by atoms with van der Waals surface area (Å²) in [5, 5.41) is 4.82. The summed E-state index contributed by atoms with van der Waals surface area (Å²) in [5.41, 5.74) is 0. The monoisotopic (exact) mass is 519 g/mol. The molecule has 0 amide bonds. The average Bonchev–Trinajstić information content (AvgIpc) is 2.88. The summed E-state index contributed by atoms with van der Waals surface area (Å²) < 4.78 is 6.35. The molecule has 0 radical (unpaired) electrons. The number of unbranched alkanes of at least 4 members (excludes halogenated alkanes) is 6. The van der Waals surface area contributed by atoms with Gasteiger partial charge in [-0.2, -0.15) is 0 Å². The Labute approximate surface area is 223 Å². The Kier molecular flexibility index (Phi) is 11.0. The molecular weight excluding hydrogens is 471 g/mol. The van der Waals surface area contributed by atoms with Gasteiger partial charge in [-0.05, 0) is 73.8 Å². The van der Waals surface area contributed by atoms with Gasteiger partial charge in [-0.3, -0.25) is 0 Å². The van der Waals surface area contributed by atoms with E-state index in [1.54, 1.807) is 0 Å². The lowest BCUT2D eigenvalue weighted by Gasteiger charge is -2.36. The van der Waals surface area contributed by atoms with E-state index in [4.69, 9.17) is 4.43 Å². The predicted octanol–water partition coefficient (Wildman–Crippen LogP) is 8.73. The topological polar surface area (TPSA) is 9.23 Å². The molecule has 0 aliphatic carbocycles. The van der Waals surface area contributed by atoms with Crippen molar-refractivity contribution in [3.05, 3.63) is 91.0 Å². The first-order valence-electron chi connectivity index (χ1n) is 14.0. The van der Waals surface area contributed by atoms with Gasteiger partial charge in [0.1, 0.15) is 23.2 Å². The van der Waals surface area contributed by atoms with Crippen molar-refractivity contribution in [2.45, 2.75) is 83.8 Å². The summed E-state index contributed by atoms with van der Waals surface area (Å²) in [6.07, 6.45) is 10.3. The molecule has 36 heavy (non-hydrogen) atoms.